The molecule has 0 aliphatic carbocycles. The Kier molecular flexibility index (Phi) is 5.36. The standard InChI is InChI=1S/C21H21F3N4O2/c22-21(23,24)18-6-5-14(12-25-18)11-20(30)27-9-7-15(8-10-27)28-17-4-2-1-3-16(17)26-19(28)13-29/h1-6,12-13,15,19,26H,7-11H2. The van der Waals surface area contributed by atoms with E-state index in [0.29, 0.717) is 31.5 Å². The number of hydrogen-bond acceptors (Lipinski definition) is 5. The molecular formula is C21H21F3N4O2. The predicted octanol–water partition coefficient (Wildman–Crippen LogP) is 3.09. The number of aldehydes is 1. The Morgan fingerprint density at radius 2 is 1.90 bits per heavy atom. The molecule has 1 amide bonds. The van der Waals surface area contributed by atoms with Crippen LogP contribution in [0.4, 0.5) is 24.5 Å². The fraction of sp³-hybridized carbons (Fsp3) is 0.381. The third-order valence-corrected chi connectivity index (χ3v) is 5.60. The molecule has 30 heavy (non-hydrogen) atoms. The van der Waals surface area contributed by atoms with E-state index in [-0.39, 0.29) is 18.4 Å². The van der Waals surface area contributed by atoms with Crippen LogP contribution in [0.5, 0.6) is 0 Å². The molecule has 0 bridgehead atoms. The number of piperidine rings is 1. The highest BCUT2D eigenvalue weighted by Gasteiger charge is 2.36. The number of likely N-dealkylation sites (tertiary alicyclic amines) is 1. The van der Waals surface area contributed by atoms with Gasteiger partial charge in [0.25, 0.3) is 0 Å². The van der Waals surface area contributed by atoms with Crippen LogP contribution < -0.4 is 10.2 Å². The molecule has 0 saturated carbocycles. The Morgan fingerprint density at radius 3 is 2.53 bits per heavy atom. The predicted molar refractivity (Wildman–Crippen MR) is 105 cm³/mol. The van der Waals surface area contributed by atoms with E-state index < -0.39 is 18.0 Å². The summed E-state index contributed by atoms with van der Waals surface area (Å²) in [6.45, 7) is 1.06. The van der Waals surface area contributed by atoms with Crippen molar-refractivity contribution < 1.29 is 22.8 Å². The fourth-order valence-corrected chi connectivity index (χ4v) is 4.10. The monoisotopic (exact) mass is 418 g/mol. The number of alkyl halides is 3. The van der Waals surface area contributed by atoms with Crippen molar-refractivity contribution in [2.45, 2.75) is 37.6 Å². The summed E-state index contributed by atoms with van der Waals surface area (Å²) in [5, 5.41) is 3.20. The molecule has 1 unspecified atom stereocenters. The summed E-state index contributed by atoms with van der Waals surface area (Å²) in [6, 6.07) is 10.1. The molecule has 0 spiro atoms. The molecule has 1 saturated heterocycles. The van der Waals surface area contributed by atoms with Crippen molar-refractivity contribution in [1.82, 2.24) is 9.88 Å². The van der Waals surface area contributed by atoms with E-state index in [1.807, 2.05) is 24.3 Å². The quantitative estimate of drug-likeness (QED) is 0.773. The molecule has 2 aliphatic heterocycles. The number of amides is 1. The molecule has 4 rings (SSSR count). The number of pyridine rings is 1. The molecule has 6 nitrogen and oxygen atoms in total. The van der Waals surface area contributed by atoms with E-state index in [1.165, 1.54) is 6.07 Å². The molecule has 1 aromatic carbocycles. The number of nitrogens with one attached hydrogen (secondary N) is 1. The second-order valence-corrected chi connectivity index (χ2v) is 7.49. The molecule has 2 aromatic rings. The molecule has 158 valence electrons. The van der Waals surface area contributed by atoms with Crippen molar-refractivity contribution in [3.63, 3.8) is 0 Å². The van der Waals surface area contributed by atoms with Crippen LogP contribution in [-0.4, -0.2) is 47.4 Å². The number of para-hydroxylation sites is 2. The lowest BCUT2D eigenvalue weighted by atomic mass is 10.0. The maximum atomic E-state index is 12.6. The van der Waals surface area contributed by atoms with Crippen LogP contribution in [0.3, 0.4) is 0 Å². The van der Waals surface area contributed by atoms with Crippen LogP contribution in [0.25, 0.3) is 0 Å². The largest absolute Gasteiger partial charge is 0.433 e. The van der Waals surface area contributed by atoms with Gasteiger partial charge in [-0.15, -0.1) is 0 Å². The van der Waals surface area contributed by atoms with Crippen LogP contribution in [0.15, 0.2) is 42.6 Å². The van der Waals surface area contributed by atoms with Crippen LogP contribution in [0.2, 0.25) is 0 Å². The van der Waals surface area contributed by atoms with E-state index in [2.05, 4.69) is 15.2 Å². The number of hydrogen-bond donors (Lipinski definition) is 1. The van der Waals surface area contributed by atoms with Gasteiger partial charge in [0.1, 0.15) is 5.69 Å². The van der Waals surface area contributed by atoms with E-state index >= 15 is 0 Å². The zero-order chi connectivity index (χ0) is 21.3. The second-order valence-electron chi connectivity index (χ2n) is 7.49. The number of benzene rings is 1. The van der Waals surface area contributed by atoms with Crippen LogP contribution in [0.1, 0.15) is 24.1 Å². The summed E-state index contributed by atoms with van der Waals surface area (Å²) in [7, 11) is 0. The summed E-state index contributed by atoms with van der Waals surface area (Å²) in [6.07, 6.45) is -1.50. The molecular weight excluding hydrogens is 397 g/mol. The van der Waals surface area contributed by atoms with Gasteiger partial charge in [0, 0.05) is 25.3 Å². The van der Waals surface area contributed by atoms with Gasteiger partial charge in [-0.1, -0.05) is 18.2 Å². The van der Waals surface area contributed by atoms with Gasteiger partial charge < -0.3 is 15.1 Å². The number of rotatable bonds is 4. The maximum Gasteiger partial charge on any atom is 0.433 e. The minimum atomic E-state index is -4.49. The highest BCUT2D eigenvalue weighted by atomic mass is 19.4. The number of carbonyl (C=O) groups excluding carboxylic acids is 2. The van der Waals surface area contributed by atoms with Crippen molar-refractivity contribution in [2.75, 3.05) is 23.3 Å². The SMILES string of the molecule is O=CC1Nc2ccccc2N1C1CCN(C(=O)Cc2ccc(C(F)(F)F)nc2)CC1. The molecule has 2 aliphatic rings. The Hall–Kier alpha value is -3.10. The van der Waals surface area contributed by atoms with Gasteiger partial charge in [-0.3, -0.25) is 14.6 Å². The van der Waals surface area contributed by atoms with Gasteiger partial charge in [0.15, 0.2) is 12.5 Å². The third-order valence-electron chi connectivity index (χ3n) is 5.60. The van der Waals surface area contributed by atoms with Gasteiger partial charge in [0.2, 0.25) is 5.91 Å². The highest BCUT2D eigenvalue weighted by Crippen LogP contribution is 2.37. The molecule has 0 radical (unpaired) electrons. The summed E-state index contributed by atoms with van der Waals surface area (Å²) < 4.78 is 37.8. The Bertz CT molecular complexity index is 925. The van der Waals surface area contributed by atoms with Crippen molar-refractivity contribution >= 4 is 23.6 Å². The first kappa shape index (κ1) is 20.2. The number of fused-ring (bicyclic) bond motifs is 1. The van der Waals surface area contributed by atoms with Crippen molar-refractivity contribution in [2.24, 2.45) is 0 Å². The summed E-state index contributed by atoms with van der Waals surface area (Å²) >= 11 is 0. The Balaban J connectivity index is 1.36. The number of nitrogens with zero attached hydrogens (tertiary/aromatic N) is 3. The third kappa shape index (κ3) is 3.96. The Morgan fingerprint density at radius 1 is 1.17 bits per heavy atom. The van der Waals surface area contributed by atoms with Gasteiger partial charge >= 0.3 is 6.18 Å². The first-order valence-electron chi connectivity index (χ1n) is 9.76. The van der Waals surface area contributed by atoms with Crippen LogP contribution in [-0.2, 0) is 22.2 Å². The normalized spacial score (nSPS) is 19.4. The molecule has 3 heterocycles. The molecule has 1 N–H and O–H groups in total. The number of anilines is 2. The summed E-state index contributed by atoms with van der Waals surface area (Å²) in [5.74, 6) is -0.137. The van der Waals surface area contributed by atoms with Gasteiger partial charge in [0.05, 0.1) is 17.8 Å². The van der Waals surface area contributed by atoms with Crippen molar-refractivity contribution in [3.05, 3.63) is 53.9 Å². The maximum absolute atomic E-state index is 12.6. The molecule has 1 aromatic heterocycles. The number of halogens is 3. The summed E-state index contributed by atoms with van der Waals surface area (Å²) in [5.41, 5.74) is 1.38. The number of carbonyl (C=O) groups is 2. The Labute approximate surface area is 171 Å². The zero-order valence-corrected chi connectivity index (χ0v) is 16.1. The first-order valence-corrected chi connectivity index (χ1v) is 9.76. The van der Waals surface area contributed by atoms with E-state index in [1.54, 1.807) is 4.90 Å². The lowest BCUT2D eigenvalue weighted by Crippen LogP contribution is -2.51. The number of aromatic nitrogens is 1. The topological polar surface area (TPSA) is 65.5 Å². The second kappa shape index (κ2) is 7.97. The van der Waals surface area contributed by atoms with Gasteiger partial charge in [-0.2, -0.15) is 13.2 Å². The van der Waals surface area contributed by atoms with Crippen molar-refractivity contribution in [1.29, 1.82) is 0 Å². The van der Waals surface area contributed by atoms with Gasteiger partial charge in [-0.25, -0.2) is 0 Å². The fourth-order valence-electron chi connectivity index (χ4n) is 4.10. The highest BCUT2D eigenvalue weighted by molar-refractivity contribution is 5.85. The summed E-state index contributed by atoms with van der Waals surface area (Å²) in [4.78, 5) is 31.3. The minimum absolute atomic E-state index is 0.0148. The lowest BCUT2D eigenvalue weighted by molar-refractivity contribution is -0.141. The van der Waals surface area contributed by atoms with Gasteiger partial charge in [-0.05, 0) is 36.6 Å². The zero-order valence-electron chi connectivity index (χ0n) is 16.1. The van der Waals surface area contributed by atoms with E-state index in [0.717, 1.165) is 29.9 Å². The van der Waals surface area contributed by atoms with E-state index in [4.69, 9.17) is 0 Å². The van der Waals surface area contributed by atoms with Crippen molar-refractivity contribution in [3.8, 4) is 0 Å². The smallest absolute Gasteiger partial charge is 0.358 e. The average Bonchev–Trinajstić information content (AvgIpc) is 3.12. The molecule has 9 heteroatoms. The average molecular weight is 418 g/mol. The molecule has 1 atom stereocenters. The first-order chi connectivity index (χ1) is 14.4. The van der Waals surface area contributed by atoms with Crippen LogP contribution >= 0.6 is 0 Å². The lowest BCUT2D eigenvalue weighted by Gasteiger charge is -2.39. The molecule has 1 fully saturated rings. The van der Waals surface area contributed by atoms with E-state index in [9.17, 15) is 22.8 Å². The minimum Gasteiger partial charge on any atom is -0.358 e. The van der Waals surface area contributed by atoms with Crippen LogP contribution in [0, 0.1) is 0 Å².